The normalized spacial score (nSPS) is 10.3. The third-order valence-corrected chi connectivity index (χ3v) is 3.10. The fourth-order valence-corrected chi connectivity index (χ4v) is 1.90. The number of halogens is 2. The Morgan fingerprint density at radius 2 is 1.88 bits per heavy atom. The molecule has 0 unspecified atom stereocenters. The summed E-state index contributed by atoms with van der Waals surface area (Å²) in [5.74, 6) is 0.582. The summed E-state index contributed by atoms with van der Waals surface area (Å²) in [7, 11) is 0. The molecule has 0 aliphatic heterocycles. The van der Waals surface area contributed by atoms with Crippen LogP contribution in [-0.4, -0.2) is 0 Å². The maximum absolute atomic E-state index is 13.4. The van der Waals surface area contributed by atoms with Crippen molar-refractivity contribution in [1.29, 1.82) is 0 Å². The molecule has 2 aromatic carbocycles. The largest absolute Gasteiger partial charge is 0.454 e. The van der Waals surface area contributed by atoms with Gasteiger partial charge in [-0.05, 0) is 36.2 Å². The molecule has 0 saturated heterocycles. The summed E-state index contributed by atoms with van der Waals surface area (Å²) in [4.78, 5) is 0. The Hall–Kier alpha value is -1.35. The van der Waals surface area contributed by atoms with Gasteiger partial charge >= 0.3 is 0 Å². The van der Waals surface area contributed by atoms with Crippen LogP contribution < -0.4 is 4.74 Å². The predicted molar refractivity (Wildman–Crippen MR) is 70.3 cm³/mol. The van der Waals surface area contributed by atoms with E-state index in [0.29, 0.717) is 5.75 Å². The van der Waals surface area contributed by atoms with Crippen molar-refractivity contribution in [2.75, 3.05) is 0 Å². The van der Waals surface area contributed by atoms with Gasteiger partial charge in [-0.25, -0.2) is 4.39 Å². The predicted octanol–water partition coefficient (Wildman–Crippen LogP) is 4.82. The highest BCUT2D eigenvalue weighted by atomic mass is 79.9. The van der Waals surface area contributed by atoms with Gasteiger partial charge in [0.05, 0.1) is 0 Å². The zero-order valence-corrected chi connectivity index (χ0v) is 11.0. The van der Waals surface area contributed by atoms with Crippen LogP contribution in [0.15, 0.2) is 42.5 Å². The Morgan fingerprint density at radius 3 is 2.53 bits per heavy atom. The second-order valence-electron chi connectivity index (χ2n) is 3.77. The van der Waals surface area contributed by atoms with E-state index < -0.39 is 0 Å². The van der Waals surface area contributed by atoms with Crippen LogP contribution in [-0.2, 0) is 5.33 Å². The van der Waals surface area contributed by atoms with E-state index in [9.17, 15) is 4.39 Å². The Balaban J connectivity index is 2.28. The molecule has 0 saturated carbocycles. The Labute approximate surface area is 108 Å². The molecule has 0 aliphatic rings. The molecule has 0 N–H and O–H groups in total. The zero-order chi connectivity index (χ0) is 12.3. The smallest absolute Gasteiger partial charge is 0.165 e. The first kappa shape index (κ1) is 12.1. The van der Waals surface area contributed by atoms with Crippen LogP contribution in [0.4, 0.5) is 4.39 Å². The quantitative estimate of drug-likeness (QED) is 0.737. The van der Waals surface area contributed by atoms with Crippen LogP contribution >= 0.6 is 15.9 Å². The zero-order valence-electron chi connectivity index (χ0n) is 9.41. The molecule has 0 aliphatic carbocycles. The first-order chi connectivity index (χ1) is 8.20. The number of benzene rings is 2. The minimum atomic E-state index is -0.350. The van der Waals surface area contributed by atoms with Gasteiger partial charge in [-0.2, -0.15) is 0 Å². The minimum Gasteiger partial charge on any atom is -0.454 e. The van der Waals surface area contributed by atoms with Gasteiger partial charge in [0.1, 0.15) is 5.75 Å². The molecule has 2 rings (SSSR count). The van der Waals surface area contributed by atoms with E-state index in [4.69, 9.17) is 4.74 Å². The number of hydrogen-bond acceptors (Lipinski definition) is 1. The highest BCUT2D eigenvalue weighted by molar-refractivity contribution is 9.08. The summed E-state index contributed by atoms with van der Waals surface area (Å²) in [5, 5.41) is 0.799. The molecular weight excluding hydrogens is 283 g/mol. The van der Waals surface area contributed by atoms with E-state index in [1.165, 1.54) is 11.6 Å². The Morgan fingerprint density at radius 1 is 1.12 bits per heavy atom. The molecule has 3 heteroatoms. The monoisotopic (exact) mass is 294 g/mol. The lowest BCUT2D eigenvalue weighted by Gasteiger charge is -2.10. The van der Waals surface area contributed by atoms with Gasteiger partial charge in [0.25, 0.3) is 0 Å². The fourth-order valence-electron chi connectivity index (χ4n) is 1.56. The van der Waals surface area contributed by atoms with E-state index in [2.05, 4.69) is 15.9 Å². The molecule has 2 aromatic rings. The molecule has 17 heavy (non-hydrogen) atoms. The average molecular weight is 295 g/mol. The first-order valence-corrected chi connectivity index (χ1v) is 6.40. The van der Waals surface area contributed by atoms with Crippen molar-refractivity contribution in [1.82, 2.24) is 0 Å². The van der Waals surface area contributed by atoms with Gasteiger partial charge in [-0.15, -0.1) is 0 Å². The summed E-state index contributed by atoms with van der Waals surface area (Å²) in [5.41, 5.74) is 2.16. The van der Waals surface area contributed by atoms with Crippen molar-refractivity contribution < 1.29 is 9.13 Å². The summed E-state index contributed by atoms with van der Waals surface area (Å²) in [6.45, 7) is 1.95. The summed E-state index contributed by atoms with van der Waals surface area (Å²) in [6, 6.07) is 12.2. The van der Waals surface area contributed by atoms with E-state index in [1.54, 1.807) is 18.2 Å². The lowest BCUT2D eigenvalue weighted by atomic mass is 10.1. The lowest BCUT2D eigenvalue weighted by Crippen LogP contribution is -1.91. The second-order valence-corrected chi connectivity index (χ2v) is 4.33. The van der Waals surface area contributed by atoms with Crippen LogP contribution in [0.1, 0.15) is 11.1 Å². The number of alkyl halides is 1. The molecule has 0 spiro atoms. The maximum Gasteiger partial charge on any atom is 0.165 e. The molecule has 0 aromatic heterocycles. The first-order valence-electron chi connectivity index (χ1n) is 5.28. The number of hydrogen-bond donors (Lipinski definition) is 0. The van der Waals surface area contributed by atoms with Gasteiger partial charge in [-0.1, -0.05) is 40.2 Å². The van der Waals surface area contributed by atoms with Crippen LogP contribution in [0.3, 0.4) is 0 Å². The van der Waals surface area contributed by atoms with Gasteiger partial charge in [0, 0.05) is 5.33 Å². The minimum absolute atomic E-state index is 0.252. The van der Waals surface area contributed by atoms with Gasteiger partial charge in [-0.3, -0.25) is 0 Å². The van der Waals surface area contributed by atoms with Crippen molar-refractivity contribution in [2.24, 2.45) is 0 Å². The Kier molecular flexibility index (Phi) is 3.79. The third kappa shape index (κ3) is 2.86. The molecule has 1 nitrogen and oxygen atoms in total. The highest BCUT2D eigenvalue weighted by Gasteiger charge is 2.06. The number of ether oxygens (including phenoxy) is 1. The third-order valence-electron chi connectivity index (χ3n) is 2.45. The molecular formula is C14H12BrFO. The van der Waals surface area contributed by atoms with Gasteiger partial charge < -0.3 is 4.74 Å². The van der Waals surface area contributed by atoms with Crippen LogP contribution in [0.5, 0.6) is 11.5 Å². The number of aryl methyl sites for hydroxylation is 1. The Bertz CT molecular complexity index is 525. The van der Waals surface area contributed by atoms with Crippen molar-refractivity contribution in [2.45, 2.75) is 12.3 Å². The van der Waals surface area contributed by atoms with Gasteiger partial charge in [0.15, 0.2) is 11.6 Å². The second kappa shape index (κ2) is 5.32. The van der Waals surface area contributed by atoms with E-state index in [1.807, 2.05) is 25.1 Å². The van der Waals surface area contributed by atoms with Crippen molar-refractivity contribution in [3.63, 3.8) is 0 Å². The number of rotatable bonds is 3. The molecule has 0 fully saturated rings. The summed E-state index contributed by atoms with van der Waals surface area (Å²) < 4.78 is 19.0. The van der Waals surface area contributed by atoms with Gasteiger partial charge in [0.2, 0.25) is 0 Å². The maximum atomic E-state index is 13.4. The molecule has 0 amide bonds. The summed E-state index contributed by atoms with van der Waals surface area (Å²) >= 11 is 3.39. The summed E-state index contributed by atoms with van der Waals surface area (Å²) in [6.07, 6.45) is 0. The van der Waals surface area contributed by atoms with Crippen LogP contribution in [0.2, 0.25) is 0 Å². The lowest BCUT2D eigenvalue weighted by molar-refractivity contribution is 0.439. The molecule has 0 bridgehead atoms. The van der Waals surface area contributed by atoms with E-state index >= 15 is 0 Å². The van der Waals surface area contributed by atoms with Crippen molar-refractivity contribution >= 4 is 15.9 Å². The van der Waals surface area contributed by atoms with Crippen molar-refractivity contribution in [3.8, 4) is 11.5 Å². The fraction of sp³-hybridized carbons (Fsp3) is 0.143. The molecule has 0 atom stereocenters. The highest BCUT2D eigenvalue weighted by Crippen LogP contribution is 2.27. The topological polar surface area (TPSA) is 9.23 Å². The van der Waals surface area contributed by atoms with E-state index in [0.717, 1.165) is 10.9 Å². The van der Waals surface area contributed by atoms with Crippen molar-refractivity contribution in [3.05, 3.63) is 59.4 Å². The average Bonchev–Trinajstić information content (AvgIpc) is 2.34. The molecule has 0 radical (unpaired) electrons. The number of para-hydroxylation sites is 1. The molecule has 88 valence electrons. The standard InChI is InChI=1S/C14H12BrFO/c1-10-8-11(9-15)6-7-13(10)17-14-5-3-2-4-12(14)16/h2-8H,9H2,1H3. The van der Waals surface area contributed by atoms with Crippen LogP contribution in [0.25, 0.3) is 0 Å². The molecule has 0 heterocycles. The van der Waals surface area contributed by atoms with Crippen LogP contribution in [0, 0.1) is 12.7 Å². The van der Waals surface area contributed by atoms with E-state index in [-0.39, 0.29) is 11.6 Å². The SMILES string of the molecule is Cc1cc(CBr)ccc1Oc1ccccc1F.